The van der Waals surface area contributed by atoms with E-state index < -0.39 is 0 Å². The zero-order valence-electron chi connectivity index (χ0n) is 14.4. The van der Waals surface area contributed by atoms with Gasteiger partial charge in [-0.15, -0.1) is 5.10 Å². The van der Waals surface area contributed by atoms with Gasteiger partial charge in [0.05, 0.1) is 11.4 Å². The largest absolute Gasteiger partial charge is 0.346 e. The first-order valence-electron chi connectivity index (χ1n) is 7.99. The molecule has 0 aliphatic rings. The van der Waals surface area contributed by atoms with Gasteiger partial charge in [0, 0.05) is 12.1 Å². The molecule has 1 heterocycles. The number of amides is 1. The highest BCUT2D eigenvalue weighted by Gasteiger charge is 2.17. The van der Waals surface area contributed by atoms with Gasteiger partial charge in [-0.1, -0.05) is 35.9 Å². The van der Waals surface area contributed by atoms with Crippen LogP contribution in [0.1, 0.15) is 32.9 Å². The van der Waals surface area contributed by atoms with E-state index in [2.05, 4.69) is 15.5 Å². The Bertz CT molecular complexity index is 933. The van der Waals surface area contributed by atoms with Crippen molar-refractivity contribution in [2.24, 2.45) is 0 Å². The number of nitrogens with one attached hydrogen (secondary N) is 1. The van der Waals surface area contributed by atoms with Crippen molar-refractivity contribution in [3.8, 4) is 5.69 Å². The summed E-state index contributed by atoms with van der Waals surface area (Å²) in [7, 11) is 0. The number of halogens is 1. The Morgan fingerprint density at radius 2 is 1.88 bits per heavy atom. The average molecular weight is 338 g/mol. The van der Waals surface area contributed by atoms with E-state index in [0.717, 1.165) is 16.8 Å². The van der Waals surface area contributed by atoms with Crippen LogP contribution in [0.5, 0.6) is 0 Å². The Kier molecular flexibility index (Phi) is 4.61. The van der Waals surface area contributed by atoms with Crippen LogP contribution >= 0.6 is 0 Å². The molecule has 0 fully saturated rings. The number of nitrogens with zero attached hydrogens (tertiary/aromatic N) is 3. The molecular formula is C19H19FN4O. The summed E-state index contributed by atoms with van der Waals surface area (Å²) in [5.41, 5.74) is 4.17. The van der Waals surface area contributed by atoms with Crippen LogP contribution in [0.15, 0.2) is 42.5 Å². The Morgan fingerprint density at radius 3 is 2.60 bits per heavy atom. The van der Waals surface area contributed by atoms with Crippen LogP contribution < -0.4 is 5.32 Å². The number of aromatic nitrogens is 3. The van der Waals surface area contributed by atoms with E-state index in [9.17, 15) is 9.18 Å². The maximum absolute atomic E-state index is 13.6. The smallest absolute Gasteiger partial charge is 0.274 e. The molecule has 0 saturated heterocycles. The summed E-state index contributed by atoms with van der Waals surface area (Å²) < 4.78 is 13.6. The lowest BCUT2D eigenvalue weighted by molar-refractivity contribution is 0.0944. The summed E-state index contributed by atoms with van der Waals surface area (Å²) in [5.74, 6) is -0.727. The van der Waals surface area contributed by atoms with E-state index >= 15 is 0 Å². The third-order valence-corrected chi connectivity index (χ3v) is 3.96. The molecule has 128 valence electrons. The second-order valence-electron chi connectivity index (χ2n) is 5.99. The highest BCUT2D eigenvalue weighted by Crippen LogP contribution is 2.15. The highest BCUT2D eigenvalue weighted by atomic mass is 19.1. The van der Waals surface area contributed by atoms with Crippen LogP contribution in [-0.2, 0) is 6.54 Å². The fourth-order valence-electron chi connectivity index (χ4n) is 2.63. The Balaban J connectivity index is 1.80. The van der Waals surface area contributed by atoms with Crippen molar-refractivity contribution in [1.82, 2.24) is 20.3 Å². The standard InChI is InChI=1S/C19H19FN4O/c1-12-8-9-17(13(2)10-12)24-22-14(3)18(23-24)19(25)21-11-15-6-4-5-7-16(15)20/h4-10H,11H2,1-3H3,(H,21,25). The molecule has 3 rings (SSSR count). The topological polar surface area (TPSA) is 59.8 Å². The van der Waals surface area contributed by atoms with Gasteiger partial charge in [-0.2, -0.15) is 9.90 Å². The van der Waals surface area contributed by atoms with Gasteiger partial charge in [-0.05, 0) is 38.5 Å². The van der Waals surface area contributed by atoms with E-state index in [-0.39, 0.29) is 24.0 Å². The molecule has 0 aliphatic carbocycles. The lowest BCUT2D eigenvalue weighted by Gasteiger charge is -2.05. The van der Waals surface area contributed by atoms with Crippen LogP contribution in [0.3, 0.4) is 0 Å². The monoisotopic (exact) mass is 338 g/mol. The lowest BCUT2D eigenvalue weighted by Crippen LogP contribution is -2.24. The second-order valence-corrected chi connectivity index (χ2v) is 5.99. The average Bonchev–Trinajstić information content (AvgIpc) is 2.95. The van der Waals surface area contributed by atoms with Crippen molar-refractivity contribution >= 4 is 5.91 Å². The van der Waals surface area contributed by atoms with Crippen molar-refractivity contribution in [2.45, 2.75) is 27.3 Å². The molecule has 0 aliphatic heterocycles. The number of rotatable bonds is 4. The van der Waals surface area contributed by atoms with Crippen LogP contribution in [0, 0.1) is 26.6 Å². The molecule has 1 amide bonds. The number of benzene rings is 2. The molecule has 6 heteroatoms. The zero-order valence-corrected chi connectivity index (χ0v) is 14.4. The summed E-state index contributed by atoms with van der Waals surface area (Å²) in [6.07, 6.45) is 0. The molecule has 3 aromatic rings. The molecule has 2 aromatic carbocycles. The van der Waals surface area contributed by atoms with Crippen LogP contribution in [0.25, 0.3) is 5.69 Å². The van der Waals surface area contributed by atoms with Gasteiger partial charge >= 0.3 is 0 Å². The summed E-state index contributed by atoms with van der Waals surface area (Å²) in [4.78, 5) is 13.8. The van der Waals surface area contributed by atoms with E-state index in [1.165, 1.54) is 10.9 Å². The molecule has 5 nitrogen and oxygen atoms in total. The molecule has 0 atom stereocenters. The first-order valence-corrected chi connectivity index (χ1v) is 7.99. The molecule has 25 heavy (non-hydrogen) atoms. The van der Waals surface area contributed by atoms with Gasteiger partial charge in [-0.3, -0.25) is 4.79 Å². The van der Waals surface area contributed by atoms with Crippen LogP contribution in [-0.4, -0.2) is 20.9 Å². The number of carbonyl (C=O) groups is 1. The van der Waals surface area contributed by atoms with E-state index in [1.807, 2.05) is 32.0 Å². The van der Waals surface area contributed by atoms with Crippen LogP contribution in [0.2, 0.25) is 0 Å². The normalized spacial score (nSPS) is 10.7. The molecular weight excluding hydrogens is 319 g/mol. The number of carbonyl (C=O) groups excluding carboxylic acids is 1. The lowest BCUT2D eigenvalue weighted by atomic mass is 10.1. The van der Waals surface area contributed by atoms with E-state index in [0.29, 0.717) is 11.3 Å². The predicted octanol–water partition coefficient (Wildman–Crippen LogP) is 3.26. The van der Waals surface area contributed by atoms with Gasteiger partial charge in [0.2, 0.25) is 0 Å². The predicted molar refractivity (Wildman–Crippen MR) is 93.1 cm³/mol. The summed E-state index contributed by atoms with van der Waals surface area (Å²) in [6, 6.07) is 12.3. The van der Waals surface area contributed by atoms with Crippen molar-refractivity contribution < 1.29 is 9.18 Å². The quantitative estimate of drug-likeness (QED) is 0.794. The maximum Gasteiger partial charge on any atom is 0.274 e. The number of aryl methyl sites for hydroxylation is 3. The Labute approximate surface area is 145 Å². The van der Waals surface area contributed by atoms with E-state index in [1.54, 1.807) is 25.1 Å². The minimum absolute atomic E-state index is 0.0986. The van der Waals surface area contributed by atoms with E-state index in [4.69, 9.17) is 0 Å². The minimum Gasteiger partial charge on any atom is -0.346 e. The first kappa shape index (κ1) is 16.8. The fraction of sp³-hybridized carbons (Fsp3) is 0.211. The first-order chi connectivity index (χ1) is 12.0. The van der Waals surface area contributed by atoms with Crippen molar-refractivity contribution in [2.75, 3.05) is 0 Å². The van der Waals surface area contributed by atoms with Gasteiger partial charge in [0.25, 0.3) is 5.91 Å². The summed E-state index contributed by atoms with van der Waals surface area (Å²) >= 11 is 0. The van der Waals surface area contributed by atoms with Gasteiger partial charge in [0.15, 0.2) is 5.69 Å². The van der Waals surface area contributed by atoms with Crippen LogP contribution in [0.4, 0.5) is 4.39 Å². The third kappa shape index (κ3) is 3.57. The van der Waals surface area contributed by atoms with Crippen molar-refractivity contribution in [3.05, 3.63) is 76.4 Å². The van der Waals surface area contributed by atoms with Gasteiger partial charge in [0.1, 0.15) is 5.82 Å². The van der Waals surface area contributed by atoms with Crippen molar-refractivity contribution in [3.63, 3.8) is 0 Å². The molecule has 1 aromatic heterocycles. The Hall–Kier alpha value is -3.02. The van der Waals surface area contributed by atoms with Gasteiger partial charge < -0.3 is 5.32 Å². The molecule has 0 bridgehead atoms. The SMILES string of the molecule is Cc1ccc(-n2nc(C)c(C(=O)NCc3ccccc3F)n2)c(C)c1. The fourth-order valence-corrected chi connectivity index (χ4v) is 2.63. The zero-order chi connectivity index (χ0) is 18.0. The van der Waals surface area contributed by atoms with Gasteiger partial charge in [-0.25, -0.2) is 4.39 Å². The second kappa shape index (κ2) is 6.84. The molecule has 0 unspecified atom stereocenters. The van der Waals surface area contributed by atoms with Crippen molar-refractivity contribution in [1.29, 1.82) is 0 Å². The number of hydrogen-bond acceptors (Lipinski definition) is 3. The molecule has 1 N–H and O–H groups in total. The third-order valence-electron chi connectivity index (χ3n) is 3.96. The molecule has 0 saturated carbocycles. The minimum atomic E-state index is -0.378. The summed E-state index contributed by atoms with van der Waals surface area (Å²) in [5, 5.41) is 11.3. The maximum atomic E-state index is 13.6. The highest BCUT2D eigenvalue weighted by molar-refractivity contribution is 5.93. The summed E-state index contributed by atoms with van der Waals surface area (Å²) in [6.45, 7) is 5.81. The molecule has 0 radical (unpaired) electrons. The number of hydrogen-bond donors (Lipinski definition) is 1. The molecule has 0 spiro atoms. The Morgan fingerprint density at radius 1 is 1.12 bits per heavy atom.